The Kier molecular flexibility index (Phi) is 3.37. The van der Waals surface area contributed by atoms with Gasteiger partial charge in [0.1, 0.15) is 29.1 Å². The summed E-state index contributed by atoms with van der Waals surface area (Å²) in [6.45, 7) is 3.50. The Bertz CT molecular complexity index is 708. The predicted octanol–water partition coefficient (Wildman–Crippen LogP) is 2.71. The summed E-state index contributed by atoms with van der Waals surface area (Å²) in [7, 11) is 0. The summed E-state index contributed by atoms with van der Waals surface area (Å²) >= 11 is 0. The van der Waals surface area contributed by atoms with Crippen LogP contribution in [-0.4, -0.2) is 26.5 Å². The average molecular weight is 302 g/mol. The molecule has 0 aromatic heterocycles. The molecule has 0 bridgehead atoms. The number of fused-ring (bicyclic) bond motifs is 1. The van der Waals surface area contributed by atoms with Crippen LogP contribution in [0.2, 0.25) is 0 Å². The minimum atomic E-state index is -0.855. The van der Waals surface area contributed by atoms with E-state index in [1.54, 1.807) is 26.0 Å². The molecule has 3 rings (SSSR count). The maximum atomic E-state index is 10.5. The molecule has 1 aliphatic heterocycles. The van der Waals surface area contributed by atoms with E-state index < -0.39 is 12.2 Å². The fraction of sp³-hybridized carbons (Fsp3) is 0.294. The van der Waals surface area contributed by atoms with Crippen LogP contribution in [0.25, 0.3) is 0 Å². The number of aliphatic hydroxyl groups excluding tert-OH is 1. The number of benzene rings is 2. The van der Waals surface area contributed by atoms with Gasteiger partial charge in [0.15, 0.2) is 6.10 Å². The summed E-state index contributed by atoms with van der Waals surface area (Å²) in [6.07, 6.45) is -1.49. The van der Waals surface area contributed by atoms with Gasteiger partial charge in [-0.05, 0) is 24.6 Å². The largest absolute Gasteiger partial charge is 0.508 e. The first-order valence-corrected chi connectivity index (χ1v) is 7.09. The topological polar surface area (TPSA) is 90.2 Å². The molecule has 1 aliphatic rings. The third kappa shape index (κ3) is 2.14. The zero-order valence-corrected chi connectivity index (χ0v) is 12.3. The molecule has 0 fully saturated rings. The van der Waals surface area contributed by atoms with Gasteiger partial charge >= 0.3 is 0 Å². The smallest absolute Gasteiger partial charge is 0.150 e. The second-order valence-electron chi connectivity index (χ2n) is 5.69. The lowest BCUT2D eigenvalue weighted by Crippen LogP contribution is -2.33. The highest BCUT2D eigenvalue weighted by Crippen LogP contribution is 2.49. The van der Waals surface area contributed by atoms with Crippen LogP contribution >= 0.6 is 0 Å². The zero-order chi connectivity index (χ0) is 16.0. The fourth-order valence-corrected chi connectivity index (χ4v) is 2.90. The van der Waals surface area contributed by atoms with Crippen LogP contribution in [0, 0.1) is 6.92 Å². The number of aromatic hydroxyl groups is 3. The van der Waals surface area contributed by atoms with Crippen molar-refractivity contribution in [2.75, 3.05) is 0 Å². The fourth-order valence-electron chi connectivity index (χ4n) is 2.90. The summed E-state index contributed by atoms with van der Waals surface area (Å²) < 4.78 is 5.88. The van der Waals surface area contributed by atoms with Gasteiger partial charge in [-0.2, -0.15) is 0 Å². The average Bonchev–Trinajstić information content (AvgIpc) is 2.48. The van der Waals surface area contributed by atoms with E-state index in [0.29, 0.717) is 22.4 Å². The number of phenolic OH excluding ortho intramolecular Hbond substituents is 3. The van der Waals surface area contributed by atoms with Crippen molar-refractivity contribution >= 4 is 0 Å². The first kappa shape index (κ1) is 14.5. The van der Waals surface area contributed by atoms with Crippen molar-refractivity contribution in [2.45, 2.75) is 32.0 Å². The summed E-state index contributed by atoms with van der Waals surface area (Å²) in [5.41, 5.74) is 1.73. The highest BCUT2D eigenvalue weighted by atomic mass is 16.5. The Morgan fingerprint density at radius 1 is 1.00 bits per heavy atom. The molecule has 5 heteroatoms. The lowest BCUT2D eigenvalue weighted by atomic mass is 9.84. The van der Waals surface area contributed by atoms with Gasteiger partial charge in [0, 0.05) is 23.1 Å². The maximum Gasteiger partial charge on any atom is 0.150 e. The van der Waals surface area contributed by atoms with Gasteiger partial charge in [0.25, 0.3) is 0 Å². The first-order valence-electron chi connectivity index (χ1n) is 7.09. The predicted molar refractivity (Wildman–Crippen MR) is 80.4 cm³/mol. The van der Waals surface area contributed by atoms with Gasteiger partial charge < -0.3 is 25.2 Å². The van der Waals surface area contributed by atoms with Gasteiger partial charge in [-0.1, -0.05) is 19.1 Å². The van der Waals surface area contributed by atoms with Crippen molar-refractivity contribution in [1.82, 2.24) is 0 Å². The van der Waals surface area contributed by atoms with Crippen molar-refractivity contribution in [2.24, 2.45) is 0 Å². The van der Waals surface area contributed by atoms with Gasteiger partial charge in [-0.25, -0.2) is 0 Å². The standard InChI is InChI=1S/C17H18O5/c1-8-12(19)7-13(20)14-9(2)15(21)17(22-16(8)14)10-3-5-11(18)6-4-10/h3-7,9,15,17-21H,1-2H3/t9-,15-,17-/m0/s1. The molecule has 22 heavy (non-hydrogen) atoms. The third-order valence-electron chi connectivity index (χ3n) is 4.26. The van der Waals surface area contributed by atoms with Crippen LogP contribution in [0.1, 0.15) is 35.6 Å². The number of rotatable bonds is 1. The zero-order valence-electron chi connectivity index (χ0n) is 12.3. The highest BCUT2D eigenvalue weighted by Gasteiger charge is 2.38. The Balaban J connectivity index is 2.10. The lowest BCUT2D eigenvalue weighted by molar-refractivity contribution is 0.00223. The molecule has 0 amide bonds. The Morgan fingerprint density at radius 2 is 1.64 bits per heavy atom. The summed E-state index contributed by atoms with van der Waals surface area (Å²) in [6, 6.07) is 7.68. The minimum Gasteiger partial charge on any atom is -0.508 e. The number of hydrogen-bond acceptors (Lipinski definition) is 5. The molecule has 0 unspecified atom stereocenters. The van der Waals surface area contributed by atoms with Crippen molar-refractivity contribution in [3.63, 3.8) is 0 Å². The second kappa shape index (κ2) is 5.10. The number of ether oxygens (including phenoxy) is 1. The number of aliphatic hydroxyl groups is 1. The van der Waals surface area contributed by atoms with Crippen LogP contribution in [0.4, 0.5) is 0 Å². The number of hydrogen-bond donors (Lipinski definition) is 4. The minimum absolute atomic E-state index is 0.0516. The quantitative estimate of drug-likeness (QED) is 0.650. The van der Waals surface area contributed by atoms with Crippen LogP contribution in [0.5, 0.6) is 23.0 Å². The molecule has 1 heterocycles. The molecule has 5 nitrogen and oxygen atoms in total. The lowest BCUT2D eigenvalue weighted by Gasteiger charge is -2.36. The molecule has 4 N–H and O–H groups in total. The second-order valence-corrected chi connectivity index (χ2v) is 5.69. The summed E-state index contributed by atoms with van der Waals surface area (Å²) in [4.78, 5) is 0. The van der Waals surface area contributed by atoms with Gasteiger partial charge in [-0.15, -0.1) is 0 Å². The van der Waals surface area contributed by atoms with E-state index in [2.05, 4.69) is 0 Å². The van der Waals surface area contributed by atoms with E-state index in [4.69, 9.17) is 4.74 Å². The molecule has 3 atom stereocenters. The van der Waals surface area contributed by atoms with E-state index in [0.717, 1.165) is 0 Å². The normalized spacial score (nSPS) is 23.7. The van der Waals surface area contributed by atoms with Crippen LogP contribution in [0.3, 0.4) is 0 Å². The van der Waals surface area contributed by atoms with E-state index in [1.165, 1.54) is 18.2 Å². The SMILES string of the molecule is Cc1c(O)cc(O)c2c1O[C@@H](c1ccc(O)cc1)[C@@H](O)[C@H]2C. The van der Waals surface area contributed by atoms with Gasteiger partial charge in [0.05, 0.1) is 0 Å². The third-order valence-corrected chi connectivity index (χ3v) is 4.26. The highest BCUT2D eigenvalue weighted by molar-refractivity contribution is 5.58. The van der Waals surface area contributed by atoms with Crippen molar-refractivity contribution in [3.8, 4) is 23.0 Å². The molecule has 2 aromatic rings. The van der Waals surface area contributed by atoms with Crippen LogP contribution < -0.4 is 4.74 Å². The van der Waals surface area contributed by atoms with E-state index >= 15 is 0 Å². The molecule has 116 valence electrons. The summed E-state index contributed by atoms with van der Waals surface area (Å²) in [5, 5.41) is 39.8. The van der Waals surface area contributed by atoms with Crippen molar-refractivity contribution < 1.29 is 25.2 Å². The molecule has 0 saturated heterocycles. The van der Waals surface area contributed by atoms with E-state index in [1.807, 2.05) is 0 Å². The summed E-state index contributed by atoms with van der Waals surface area (Å²) in [5.74, 6) is 0.0299. The van der Waals surface area contributed by atoms with Crippen LogP contribution in [-0.2, 0) is 0 Å². The van der Waals surface area contributed by atoms with Crippen molar-refractivity contribution in [3.05, 3.63) is 47.0 Å². The van der Waals surface area contributed by atoms with E-state index in [-0.39, 0.29) is 23.2 Å². The van der Waals surface area contributed by atoms with Crippen LogP contribution in [0.15, 0.2) is 30.3 Å². The monoisotopic (exact) mass is 302 g/mol. The molecule has 0 spiro atoms. The van der Waals surface area contributed by atoms with Crippen molar-refractivity contribution in [1.29, 1.82) is 0 Å². The molecule has 2 aromatic carbocycles. The molecular weight excluding hydrogens is 284 g/mol. The Labute approximate surface area is 128 Å². The molecule has 0 aliphatic carbocycles. The Morgan fingerprint density at radius 3 is 2.27 bits per heavy atom. The molecular formula is C17H18O5. The molecule has 0 radical (unpaired) electrons. The van der Waals surface area contributed by atoms with E-state index in [9.17, 15) is 20.4 Å². The van der Waals surface area contributed by atoms with Gasteiger partial charge in [-0.3, -0.25) is 0 Å². The Hall–Kier alpha value is -2.40. The molecule has 0 saturated carbocycles. The first-order chi connectivity index (χ1) is 10.4. The van der Waals surface area contributed by atoms with Gasteiger partial charge in [0.2, 0.25) is 0 Å². The maximum absolute atomic E-state index is 10.5. The number of phenols is 3.